The van der Waals surface area contributed by atoms with Crippen molar-refractivity contribution in [3.8, 4) is 0 Å². The summed E-state index contributed by atoms with van der Waals surface area (Å²) in [6.07, 6.45) is -4.02. The molecule has 11 heteroatoms. The first-order chi connectivity index (χ1) is 17.1. The predicted octanol–water partition coefficient (Wildman–Crippen LogP) is 5.49. The number of amides is 1. The molecule has 1 amide bonds. The summed E-state index contributed by atoms with van der Waals surface area (Å²) < 4.78 is 45.2. The van der Waals surface area contributed by atoms with Gasteiger partial charge in [-0.15, -0.1) is 11.3 Å². The maximum absolute atomic E-state index is 13.4. The van der Waals surface area contributed by atoms with E-state index in [2.05, 4.69) is 27.2 Å². The molecule has 0 spiro atoms. The van der Waals surface area contributed by atoms with Crippen LogP contribution >= 0.6 is 11.3 Å². The zero-order valence-corrected chi connectivity index (χ0v) is 20.0. The van der Waals surface area contributed by atoms with Crippen molar-refractivity contribution in [2.75, 3.05) is 36.4 Å². The molecule has 3 aromatic rings. The maximum Gasteiger partial charge on any atom is 0.490 e. The number of hydrogen-bond acceptors (Lipinski definition) is 5. The average Bonchev–Trinajstić information content (AvgIpc) is 3.27. The number of carbonyl (C=O) groups is 2. The van der Waals surface area contributed by atoms with E-state index in [0.717, 1.165) is 56.1 Å². The Labute approximate surface area is 209 Å². The van der Waals surface area contributed by atoms with Gasteiger partial charge in [0.05, 0.1) is 4.88 Å². The van der Waals surface area contributed by atoms with Crippen molar-refractivity contribution in [1.29, 1.82) is 0 Å². The van der Waals surface area contributed by atoms with Crippen LogP contribution in [0.15, 0.2) is 66.0 Å². The molecule has 2 N–H and O–H groups in total. The number of anilines is 2. The molecule has 1 aliphatic heterocycles. The fourth-order valence-electron chi connectivity index (χ4n) is 3.64. The Morgan fingerprint density at radius 3 is 2.31 bits per heavy atom. The van der Waals surface area contributed by atoms with Crippen LogP contribution in [0, 0.1) is 5.82 Å². The summed E-state index contributed by atoms with van der Waals surface area (Å²) in [5, 5.41) is 12.0. The van der Waals surface area contributed by atoms with E-state index in [9.17, 15) is 22.4 Å². The number of nitrogens with one attached hydrogen (secondary N) is 1. The first-order valence-electron chi connectivity index (χ1n) is 11.1. The molecule has 4 rings (SSSR count). The highest BCUT2D eigenvalue weighted by atomic mass is 32.1. The summed E-state index contributed by atoms with van der Waals surface area (Å²) in [5.41, 5.74) is 2.98. The largest absolute Gasteiger partial charge is 0.490 e. The number of carboxylic acid groups (broad SMARTS) is 1. The molecule has 0 radical (unpaired) electrons. The minimum Gasteiger partial charge on any atom is -0.475 e. The van der Waals surface area contributed by atoms with Gasteiger partial charge in [-0.2, -0.15) is 13.2 Å². The van der Waals surface area contributed by atoms with Crippen molar-refractivity contribution >= 4 is 34.6 Å². The molecule has 0 aliphatic carbocycles. The van der Waals surface area contributed by atoms with E-state index in [0.29, 0.717) is 4.88 Å². The predicted molar refractivity (Wildman–Crippen MR) is 131 cm³/mol. The standard InChI is InChI=1S/C23H24FN3OS.C2HF3O2/c24-19-5-1-4-18(16-19)17-26-11-3-12-27(14-13-26)21-9-7-20(8-10-21)25-23(28)22-6-2-15-29-22;3-2(4,5)1(6)7/h1-2,4-10,15-16H,3,11-14,17H2,(H,25,28);(H,6,7). The quantitative estimate of drug-likeness (QED) is 0.433. The van der Waals surface area contributed by atoms with E-state index in [-0.39, 0.29) is 11.7 Å². The summed E-state index contributed by atoms with van der Waals surface area (Å²) in [6.45, 7) is 4.63. The Hall–Kier alpha value is -3.44. The van der Waals surface area contributed by atoms with E-state index in [4.69, 9.17) is 9.90 Å². The Morgan fingerprint density at radius 1 is 0.972 bits per heavy atom. The second kappa shape index (κ2) is 12.5. The van der Waals surface area contributed by atoms with Gasteiger partial charge in [0.1, 0.15) is 5.82 Å². The van der Waals surface area contributed by atoms with Crippen LogP contribution in [-0.2, 0) is 11.3 Å². The summed E-state index contributed by atoms with van der Waals surface area (Å²) in [4.78, 5) is 26.5. The highest BCUT2D eigenvalue weighted by Crippen LogP contribution is 2.21. The molecule has 192 valence electrons. The molecular weight excluding hydrogens is 498 g/mol. The molecule has 1 aromatic heterocycles. The van der Waals surface area contributed by atoms with E-state index in [1.165, 1.54) is 17.4 Å². The maximum atomic E-state index is 13.4. The molecule has 1 saturated heterocycles. The molecule has 1 aliphatic rings. The number of aliphatic carboxylic acids is 1. The van der Waals surface area contributed by atoms with Crippen LogP contribution in [-0.4, -0.2) is 54.2 Å². The molecular formula is C25H25F4N3O3S. The van der Waals surface area contributed by atoms with Gasteiger partial charge in [-0.3, -0.25) is 9.69 Å². The second-order valence-electron chi connectivity index (χ2n) is 8.03. The topological polar surface area (TPSA) is 72.9 Å². The number of rotatable bonds is 5. The first kappa shape index (κ1) is 27.2. The lowest BCUT2D eigenvalue weighted by Gasteiger charge is -2.24. The molecule has 36 heavy (non-hydrogen) atoms. The van der Waals surface area contributed by atoms with Crippen LogP contribution in [0.25, 0.3) is 0 Å². The van der Waals surface area contributed by atoms with Crippen LogP contribution < -0.4 is 10.2 Å². The third-order valence-corrected chi connectivity index (χ3v) is 6.23. The zero-order valence-electron chi connectivity index (χ0n) is 19.2. The zero-order chi connectivity index (χ0) is 26.1. The van der Waals surface area contributed by atoms with Gasteiger partial charge in [0.25, 0.3) is 5.91 Å². The number of alkyl halides is 3. The lowest BCUT2D eigenvalue weighted by molar-refractivity contribution is -0.192. The van der Waals surface area contributed by atoms with Crippen LogP contribution in [0.5, 0.6) is 0 Å². The first-order valence-corrected chi connectivity index (χ1v) is 12.0. The number of thiophene rings is 1. The summed E-state index contributed by atoms with van der Waals surface area (Å²) >= 11 is 1.43. The lowest BCUT2D eigenvalue weighted by atomic mass is 10.2. The highest BCUT2D eigenvalue weighted by Gasteiger charge is 2.38. The number of carboxylic acids is 1. The van der Waals surface area contributed by atoms with Crippen LogP contribution in [0.2, 0.25) is 0 Å². The minimum atomic E-state index is -5.08. The molecule has 0 unspecified atom stereocenters. The van der Waals surface area contributed by atoms with E-state index in [1.807, 2.05) is 35.7 Å². The van der Waals surface area contributed by atoms with Crippen molar-refractivity contribution in [2.24, 2.45) is 0 Å². The van der Waals surface area contributed by atoms with E-state index in [1.54, 1.807) is 12.1 Å². The molecule has 0 saturated carbocycles. The lowest BCUT2D eigenvalue weighted by Crippen LogP contribution is -2.30. The highest BCUT2D eigenvalue weighted by molar-refractivity contribution is 7.12. The average molecular weight is 524 g/mol. The number of carbonyl (C=O) groups excluding carboxylic acids is 1. The molecule has 2 heterocycles. The van der Waals surface area contributed by atoms with Gasteiger partial charge in [0.2, 0.25) is 0 Å². The fourth-order valence-corrected chi connectivity index (χ4v) is 4.26. The van der Waals surface area contributed by atoms with Crippen molar-refractivity contribution in [2.45, 2.75) is 19.1 Å². The second-order valence-corrected chi connectivity index (χ2v) is 8.98. The van der Waals surface area contributed by atoms with Gasteiger partial charge < -0.3 is 15.3 Å². The Morgan fingerprint density at radius 2 is 1.69 bits per heavy atom. The number of nitrogens with zero attached hydrogens (tertiary/aromatic N) is 2. The van der Waals surface area contributed by atoms with Gasteiger partial charge >= 0.3 is 12.1 Å². The van der Waals surface area contributed by atoms with Gasteiger partial charge in [-0.05, 0) is 59.8 Å². The minimum absolute atomic E-state index is 0.0736. The molecule has 0 bridgehead atoms. The number of halogens is 4. The normalized spacial score (nSPS) is 14.4. The van der Waals surface area contributed by atoms with E-state index >= 15 is 0 Å². The number of benzene rings is 2. The fraction of sp³-hybridized carbons (Fsp3) is 0.280. The molecule has 6 nitrogen and oxygen atoms in total. The summed E-state index contributed by atoms with van der Waals surface area (Å²) in [6, 6.07) is 18.6. The third-order valence-electron chi connectivity index (χ3n) is 5.36. The van der Waals surface area contributed by atoms with Crippen LogP contribution in [0.4, 0.5) is 28.9 Å². The molecule has 1 fully saturated rings. The Kier molecular flexibility index (Phi) is 9.43. The third kappa shape index (κ3) is 8.35. The van der Waals surface area contributed by atoms with Crippen molar-refractivity contribution in [3.63, 3.8) is 0 Å². The van der Waals surface area contributed by atoms with Gasteiger partial charge in [0.15, 0.2) is 0 Å². The van der Waals surface area contributed by atoms with Gasteiger partial charge in [-0.25, -0.2) is 9.18 Å². The van der Waals surface area contributed by atoms with Crippen molar-refractivity contribution in [3.05, 3.63) is 82.3 Å². The van der Waals surface area contributed by atoms with Gasteiger partial charge in [-0.1, -0.05) is 18.2 Å². The van der Waals surface area contributed by atoms with Crippen molar-refractivity contribution in [1.82, 2.24) is 4.90 Å². The van der Waals surface area contributed by atoms with Crippen LogP contribution in [0.3, 0.4) is 0 Å². The summed E-state index contributed by atoms with van der Waals surface area (Å²) in [7, 11) is 0. The summed E-state index contributed by atoms with van der Waals surface area (Å²) in [5.74, 6) is -3.01. The Bertz CT molecular complexity index is 1140. The molecule has 0 atom stereocenters. The van der Waals surface area contributed by atoms with Crippen LogP contribution in [0.1, 0.15) is 21.7 Å². The van der Waals surface area contributed by atoms with E-state index < -0.39 is 12.1 Å². The SMILES string of the molecule is O=C(Nc1ccc(N2CCCN(Cc3cccc(F)c3)CC2)cc1)c1cccs1.O=C(O)C(F)(F)F. The number of hydrogen-bond donors (Lipinski definition) is 2. The smallest absolute Gasteiger partial charge is 0.475 e. The monoisotopic (exact) mass is 523 g/mol. The Balaban J connectivity index is 0.000000454. The van der Waals surface area contributed by atoms with Gasteiger partial charge in [0, 0.05) is 44.1 Å². The molecule has 2 aromatic carbocycles. The van der Waals surface area contributed by atoms with Crippen molar-refractivity contribution < 1.29 is 32.3 Å².